The lowest BCUT2D eigenvalue weighted by Gasteiger charge is -2.02. The van der Waals surface area contributed by atoms with E-state index in [9.17, 15) is 0 Å². The van der Waals surface area contributed by atoms with Crippen molar-refractivity contribution in [1.82, 2.24) is 19.9 Å². The number of thioether (sulfide) groups is 2. The van der Waals surface area contributed by atoms with E-state index in [-0.39, 0.29) is 0 Å². The second kappa shape index (κ2) is 9.72. The Bertz CT molecular complexity index is 422. The molecule has 2 aromatic heterocycles. The van der Waals surface area contributed by atoms with E-state index in [0.717, 1.165) is 35.7 Å². The lowest BCUT2D eigenvalue weighted by molar-refractivity contribution is 1.01. The van der Waals surface area contributed by atoms with E-state index in [2.05, 4.69) is 19.9 Å². The maximum Gasteiger partial charge on any atom is 0.0594 e. The Kier molecular flexibility index (Phi) is 7.41. The van der Waals surface area contributed by atoms with Crippen LogP contribution in [0.5, 0.6) is 0 Å². The summed E-state index contributed by atoms with van der Waals surface area (Å²) in [4.78, 5) is 16.7. The Morgan fingerprint density at radius 2 is 1.15 bits per heavy atom. The molecule has 0 atom stereocenters. The third-order valence-electron chi connectivity index (χ3n) is 2.61. The highest BCUT2D eigenvalue weighted by molar-refractivity contribution is 8.02. The zero-order valence-corrected chi connectivity index (χ0v) is 12.9. The van der Waals surface area contributed by atoms with Gasteiger partial charge in [0.1, 0.15) is 0 Å². The third kappa shape index (κ3) is 6.34. The van der Waals surface area contributed by atoms with Crippen LogP contribution in [-0.2, 0) is 12.8 Å². The fourth-order valence-corrected chi connectivity index (χ4v) is 3.65. The summed E-state index contributed by atoms with van der Waals surface area (Å²) in [5.74, 6) is 4.60. The smallest absolute Gasteiger partial charge is 0.0594 e. The van der Waals surface area contributed by atoms with Gasteiger partial charge in [0.2, 0.25) is 0 Å². The molecule has 0 aliphatic carbocycles. The van der Waals surface area contributed by atoms with Gasteiger partial charge in [0, 0.05) is 61.5 Å². The average molecular weight is 306 g/mol. The van der Waals surface area contributed by atoms with E-state index in [1.54, 1.807) is 24.8 Å². The Labute approximate surface area is 128 Å². The number of aromatic nitrogens is 4. The summed E-state index contributed by atoms with van der Waals surface area (Å²) < 4.78 is 0. The van der Waals surface area contributed by atoms with Crippen LogP contribution in [0.4, 0.5) is 0 Å². The monoisotopic (exact) mass is 306 g/mol. The number of rotatable bonds is 9. The highest BCUT2D eigenvalue weighted by Crippen LogP contribution is 2.10. The summed E-state index contributed by atoms with van der Waals surface area (Å²) in [5, 5.41) is 0. The Morgan fingerprint density at radius 3 is 1.55 bits per heavy atom. The van der Waals surface area contributed by atoms with Crippen LogP contribution in [0.2, 0.25) is 0 Å². The molecule has 0 bridgehead atoms. The Morgan fingerprint density at radius 1 is 0.650 bits per heavy atom. The van der Waals surface area contributed by atoms with Crippen LogP contribution in [0.3, 0.4) is 0 Å². The van der Waals surface area contributed by atoms with Crippen LogP contribution in [0, 0.1) is 0 Å². The van der Waals surface area contributed by atoms with Crippen molar-refractivity contribution in [3.05, 3.63) is 48.6 Å². The van der Waals surface area contributed by atoms with Crippen molar-refractivity contribution in [3.8, 4) is 0 Å². The maximum absolute atomic E-state index is 4.27. The Hall–Kier alpha value is -1.14. The first-order valence-corrected chi connectivity index (χ1v) is 8.91. The molecule has 0 fully saturated rings. The second-order valence-corrected chi connectivity index (χ2v) is 6.57. The van der Waals surface area contributed by atoms with Gasteiger partial charge in [-0.3, -0.25) is 19.9 Å². The summed E-state index contributed by atoms with van der Waals surface area (Å²) >= 11 is 3.96. The highest BCUT2D eigenvalue weighted by Gasteiger charge is 1.97. The van der Waals surface area contributed by atoms with Gasteiger partial charge in [-0.25, -0.2) is 0 Å². The van der Waals surface area contributed by atoms with E-state index in [0.29, 0.717) is 0 Å². The number of hydrogen-bond acceptors (Lipinski definition) is 6. The first-order chi connectivity index (χ1) is 9.95. The van der Waals surface area contributed by atoms with E-state index in [4.69, 9.17) is 0 Å². The lowest BCUT2D eigenvalue weighted by Crippen LogP contribution is -1.97. The molecule has 0 unspecified atom stereocenters. The average Bonchev–Trinajstić information content (AvgIpc) is 2.52. The molecule has 2 rings (SSSR count). The molecule has 0 N–H and O–H groups in total. The summed E-state index contributed by atoms with van der Waals surface area (Å²) in [7, 11) is 0. The lowest BCUT2D eigenvalue weighted by atomic mass is 10.4. The molecular formula is C14H18N4S2. The zero-order valence-electron chi connectivity index (χ0n) is 11.3. The summed E-state index contributed by atoms with van der Waals surface area (Å²) in [5.41, 5.74) is 2.16. The van der Waals surface area contributed by atoms with Gasteiger partial charge in [0.15, 0.2) is 0 Å². The molecule has 2 aromatic rings. The van der Waals surface area contributed by atoms with Gasteiger partial charge in [-0.05, 0) is 11.5 Å². The molecule has 4 nitrogen and oxygen atoms in total. The zero-order chi connectivity index (χ0) is 13.9. The van der Waals surface area contributed by atoms with Crippen molar-refractivity contribution in [3.63, 3.8) is 0 Å². The molecule has 0 radical (unpaired) electrons. The molecule has 2 heterocycles. The van der Waals surface area contributed by atoms with Crippen LogP contribution in [0.25, 0.3) is 0 Å². The Balaban J connectivity index is 1.44. The van der Waals surface area contributed by atoms with Crippen molar-refractivity contribution in [2.75, 3.05) is 23.0 Å². The van der Waals surface area contributed by atoms with Crippen molar-refractivity contribution in [2.24, 2.45) is 0 Å². The van der Waals surface area contributed by atoms with Gasteiger partial charge >= 0.3 is 0 Å². The highest BCUT2D eigenvalue weighted by atomic mass is 32.2. The van der Waals surface area contributed by atoms with Gasteiger partial charge in [0.05, 0.1) is 11.4 Å². The minimum atomic E-state index is 1.00. The minimum Gasteiger partial charge on any atom is -0.261 e. The number of hydrogen-bond donors (Lipinski definition) is 0. The molecule has 0 aliphatic rings. The van der Waals surface area contributed by atoms with Crippen LogP contribution >= 0.6 is 23.5 Å². The molecule has 6 heteroatoms. The normalized spacial score (nSPS) is 10.6. The van der Waals surface area contributed by atoms with Crippen molar-refractivity contribution >= 4 is 23.5 Å². The van der Waals surface area contributed by atoms with E-state index in [1.807, 2.05) is 35.9 Å². The number of nitrogens with zero attached hydrogens (tertiary/aromatic N) is 4. The van der Waals surface area contributed by atoms with Crippen molar-refractivity contribution in [2.45, 2.75) is 12.8 Å². The maximum atomic E-state index is 4.27. The van der Waals surface area contributed by atoms with Crippen LogP contribution in [-0.4, -0.2) is 42.9 Å². The first-order valence-electron chi connectivity index (χ1n) is 6.60. The topological polar surface area (TPSA) is 51.6 Å². The standard InChI is InChI=1S/C14H18N4S2/c1(13-11-15-3-5-17-13)7-19-9-10-20-8-2-14-12-16-4-6-18-14/h3-6,11-12H,1-2,7-10H2. The third-order valence-corrected chi connectivity index (χ3v) is 4.84. The molecule has 0 spiro atoms. The van der Waals surface area contributed by atoms with Crippen LogP contribution in [0.1, 0.15) is 11.4 Å². The van der Waals surface area contributed by atoms with Gasteiger partial charge in [0.25, 0.3) is 0 Å². The quantitative estimate of drug-likeness (QED) is 0.664. The first kappa shape index (κ1) is 15.3. The van der Waals surface area contributed by atoms with Gasteiger partial charge in [-0.1, -0.05) is 0 Å². The fourth-order valence-electron chi connectivity index (χ4n) is 1.59. The predicted octanol–water partition coefficient (Wildman–Crippen LogP) is 2.52. The van der Waals surface area contributed by atoms with E-state index < -0.39 is 0 Å². The summed E-state index contributed by atoms with van der Waals surface area (Å²) in [6, 6.07) is 0. The largest absolute Gasteiger partial charge is 0.261 e. The van der Waals surface area contributed by atoms with E-state index in [1.165, 1.54) is 11.5 Å². The summed E-state index contributed by atoms with van der Waals surface area (Å²) in [6.45, 7) is 0. The molecule has 20 heavy (non-hydrogen) atoms. The minimum absolute atomic E-state index is 1.00. The van der Waals surface area contributed by atoms with Crippen molar-refractivity contribution in [1.29, 1.82) is 0 Å². The van der Waals surface area contributed by atoms with Gasteiger partial charge in [-0.15, -0.1) is 0 Å². The molecule has 0 aliphatic heterocycles. The van der Waals surface area contributed by atoms with E-state index >= 15 is 0 Å². The van der Waals surface area contributed by atoms with Gasteiger partial charge in [-0.2, -0.15) is 23.5 Å². The fraction of sp³-hybridized carbons (Fsp3) is 0.429. The SMILES string of the molecule is c1cnc(CCSCCSCCc2cnccn2)cn1. The van der Waals surface area contributed by atoms with Crippen LogP contribution < -0.4 is 0 Å². The molecule has 0 amide bonds. The molecule has 0 saturated carbocycles. The molecular weight excluding hydrogens is 288 g/mol. The second-order valence-electron chi connectivity index (χ2n) is 4.12. The predicted molar refractivity (Wildman–Crippen MR) is 86.1 cm³/mol. The molecule has 106 valence electrons. The van der Waals surface area contributed by atoms with Crippen LogP contribution in [0.15, 0.2) is 37.2 Å². The van der Waals surface area contributed by atoms with Crippen molar-refractivity contribution < 1.29 is 0 Å². The molecule has 0 aromatic carbocycles. The summed E-state index contributed by atoms with van der Waals surface area (Å²) in [6.07, 6.45) is 12.6. The number of aryl methyl sites for hydroxylation is 2. The molecule has 0 saturated heterocycles. The van der Waals surface area contributed by atoms with Gasteiger partial charge < -0.3 is 0 Å².